The summed E-state index contributed by atoms with van der Waals surface area (Å²) in [6, 6.07) is 11.1. The molecule has 1 aliphatic heterocycles. The zero-order valence-corrected chi connectivity index (χ0v) is 15.6. The predicted molar refractivity (Wildman–Crippen MR) is 93.5 cm³/mol. The van der Waals surface area contributed by atoms with Gasteiger partial charge in [0.05, 0.1) is 5.56 Å². The summed E-state index contributed by atoms with van der Waals surface area (Å²) in [7, 11) is 0. The molecule has 1 heterocycles. The van der Waals surface area contributed by atoms with Crippen molar-refractivity contribution in [3.63, 3.8) is 0 Å². The lowest BCUT2D eigenvalue weighted by molar-refractivity contribution is -0.138. The highest BCUT2D eigenvalue weighted by Gasteiger charge is 2.60. The topological polar surface area (TPSA) is 46.5 Å². The molecule has 2 atom stereocenters. The lowest BCUT2D eigenvalue weighted by Gasteiger charge is -2.48. The van der Waals surface area contributed by atoms with Crippen molar-refractivity contribution in [1.29, 1.82) is 0 Å². The molecule has 0 amide bonds. The van der Waals surface area contributed by atoms with Crippen molar-refractivity contribution in [3.05, 3.63) is 65.2 Å². The van der Waals surface area contributed by atoms with Crippen molar-refractivity contribution in [2.24, 2.45) is 0 Å². The molecule has 2 aromatic carbocycles. The summed E-state index contributed by atoms with van der Waals surface area (Å²) in [5, 5.41) is 10.9. The summed E-state index contributed by atoms with van der Waals surface area (Å²) in [4.78, 5) is 13.2. The maximum atomic E-state index is 13.4. The van der Waals surface area contributed by atoms with Gasteiger partial charge in [-0.15, -0.1) is 0 Å². The number of benzene rings is 2. The number of hydrogen-bond acceptors (Lipinski definition) is 3. The van der Waals surface area contributed by atoms with Gasteiger partial charge in [0, 0.05) is 11.1 Å². The van der Waals surface area contributed by atoms with E-state index < -0.39 is 39.1 Å². The maximum Gasteiger partial charge on any atom is 0.417 e. The SMILES string of the molecule is CC1(C)Oc2ccccc2C(O)C1(Br)C(=O)c1ccccc1C(F)(F)F. The first-order valence-corrected chi connectivity index (χ1v) is 8.65. The molecular weight excluding hydrogens is 413 g/mol. The van der Waals surface area contributed by atoms with Gasteiger partial charge in [0.2, 0.25) is 0 Å². The average Bonchev–Trinajstić information content (AvgIpc) is 2.58. The van der Waals surface area contributed by atoms with E-state index in [0.717, 1.165) is 12.1 Å². The van der Waals surface area contributed by atoms with Crippen LogP contribution in [0, 0.1) is 0 Å². The molecule has 0 saturated carbocycles. The third-order valence-corrected chi connectivity index (χ3v) is 6.39. The Kier molecular flexibility index (Phi) is 4.43. The second-order valence-electron chi connectivity index (χ2n) is 6.64. The van der Waals surface area contributed by atoms with Crippen LogP contribution in [0.3, 0.4) is 0 Å². The number of ether oxygens (including phenoxy) is 1. The number of aliphatic hydroxyl groups excluding tert-OH is 1. The highest BCUT2D eigenvalue weighted by molar-refractivity contribution is 9.10. The molecule has 1 aliphatic rings. The molecule has 0 aliphatic carbocycles. The Hall–Kier alpha value is -1.86. The molecule has 0 saturated heterocycles. The predicted octanol–water partition coefficient (Wildman–Crippen LogP) is 4.93. The van der Waals surface area contributed by atoms with Crippen LogP contribution >= 0.6 is 15.9 Å². The maximum absolute atomic E-state index is 13.4. The molecule has 3 rings (SSSR count). The second kappa shape index (κ2) is 6.09. The number of fused-ring (bicyclic) bond motifs is 1. The number of carbonyl (C=O) groups excluding carboxylic acids is 1. The van der Waals surface area contributed by atoms with Gasteiger partial charge in [0.1, 0.15) is 17.5 Å². The first-order chi connectivity index (χ1) is 12.0. The van der Waals surface area contributed by atoms with Crippen molar-refractivity contribution >= 4 is 21.7 Å². The van der Waals surface area contributed by atoms with Crippen molar-refractivity contribution < 1.29 is 27.8 Å². The third-order valence-electron chi connectivity index (χ3n) is 4.64. The van der Waals surface area contributed by atoms with E-state index in [2.05, 4.69) is 15.9 Å². The molecule has 1 N–H and O–H groups in total. The van der Waals surface area contributed by atoms with Gasteiger partial charge in [0.25, 0.3) is 0 Å². The Morgan fingerprint density at radius 2 is 1.69 bits per heavy atom. The van der Waals surface area contributed by atoms with E-state index in [-0.39, 0.29) is 0 Å². The van der Waals surface area contributed by atoms with E-state index in [1.165, 1.54) is 12.1 Å². The van der Waals surface area contributed by atoms with E-state index in [0.29, 0.717) is 11.3 Å². The third kappa shape index (κ3) is 2.74. The molecule has 2 unspecified atom stereocenters. The Morgan fingerprint density at radius 1 is 1.12 bits per heavy atom. The number of ketones is 1. The fourth-order valence-electron chi connectivity index (χ4n) is 3.21. The lowest BCUT2D eigenvalue weighted by Crippen LogP contribution is -2.60. The van der Waals surface area contributed by atoms with Crippen molar-refractivity contribution in [2.45, 2.75) is 36.1 Å². The summed E-state index contributed by atoms with van der Waals surface area (Å²) < 4.78 is 44.2. The van der Waals surface area contributed by atoms with Gasteiger partial charge in [-0.1, -0.05) is 52.3 Å². The zero-order chi connectivity index (χ0) is 19.3. The van der Waals surface area contributed by atoms with E-state index in [9.17, 15) is 23.1 Å². The van der Waals surface area contributed by atoms with Crippen molar-refractivity contribution in [2.75, 3.05) is 0 Å². The summed E-state index contributed by atoms with van der Waals surface area (Å²) in [5.41, 5.74) is -2.55. The van der Waals surface area contributed by atoms with Crippen molar-refractivity contribution in [3.8, 4) is 5.75 Å². The van der Waals surface area contributed by atoms with Crippen LogP contribution in [-0.4, -0.2) is 20.8 Å². The Morgan fingerprint density at radius 3 is 2.35 bits per heavy atom. The van der Waals surface area contributed by atoms with Gasteiger partial charge in [-0.3, -0.25) is 4.79 Å². The molecule has 3 nitrogen and oxygen atoms in total. The lowest BCUT2D eigenvalue weighted by atomic mass is 9.75. The summed E-state index contributed by atoms with van der Waals surface area (Å²) in [6.45, 7) is 3.10. The number of para-hydroxylation sites is 1. The highest BCUT2D eigenvalue weighted by atomic mass is 79.9. The number of alkyl halides is 4. The van der Waals surface area contributed by atoms with Crippen LogP contribution in [-0.2, 0) is 6.18 Å². The molecule has 138 valence electrons. The first kappa shape index (κ1) is 18.9. The van der Waals surface area contributed by atoms with Gasteiger partial charge in [0.15, 0.2) is 10.1 Å². The zero-order valence-electron chi connectivity index (χ0n) is 14.0. The Labute approximate surface area is 156 Å². The molecule has 0 radical (unpaired) electrons. The van der Waals surface area contributed by atoms with Gasteiger partial charge >= 0.3 is 6.18 Å². The van der Waals surface area contributed by atoms with Crippen LogP contribution in [0.5, 0.6) is 5.75 Å². The Balaban J connectivity index is 2.18. The smallest absolute Gasteiger partial charge is 0.417 e. The minimum atomic E-state index is -4.70. The van der Waals surface area contributed by atoms with Crippen LogP contribution in [0.2, 0.25) is 0 Å². The van der Waals surface area contributed by atoms with Crippen LogP contribution in [0.15, 0.2) is 48.5 Å². The first-order valence-electron chi connectivity index (χ1n) is 7.86. The number of rotatable bonds is 2. The van der Waals surface area contributed by atoms with Gasteiger partial charge in [-0.05, 0) is 26.0 Å². The van der Waals surface area contributed by atoms with E-state index >= 15 is 0 Å². The molecular formula is C19H16BrF3O3. The molecule has 0 fully saturated rings. The van der Waals surface area contributed by atoms with Gasteiger partial charge in [-0.25, -0.2) is 0 Å². The van der Waals surface area contributed by atoms with Gasteiger partial charge in [-0.2, -0.15) is 13.2 Å². The second-order valence-corrected chi connectivity index (χ2v) is 7.89. The van der Waals surface area contributed by atoms with Crippen LogP contribution < -0.4 is 4.74 Å². The molecule has 26 heavy (non-hydrogen) atoms. The molecule has 0 bridgehead atoms. The number of hydrogen-bond donors (Lipinski definition) is 1. The molecule has 0 aromatic heterocycles. The average molecular weight is 429 g/mol. The summed E-state index contributed by atoms with van der Waals surface area (Å²) in [6.07, 6.45) is -6.09. The Bertz CT molecular complexity index is 863. The normalized spacial score (nSPS) is 24.5. The fraction of sp³-hybridized carbons (Fsp3) is 0.316. The molecule has 0 spiro atoms. The van der Waals surface area contributed by atoms with Crippen LogP contribution in [0.4, 0.5) is 13.2 Å². The van der Waals surface area contributed by atoms with E-state index in [1.807, 2.05) is 0 Å². The minimum absolute atomic E-state index is 0.335. The summed E-state index contributed by atoms with van der Waals surface area (Å²) >= 11 is 3.26. The van der Waals surface area contributed by atoms with Crippen LogP contribution in [0.1, 0.15) is 41.4 Å². The highest BCUT2D eigenvalue weighted by Crippen LogP contribution is 2.53. The summed E-state index contributed by atoms with van der Waals surface area (Å²) in [5.74, 6) is -0.505. The largest absolute Gasteiger partial charge is 0.485 e. The van der Waals surface area contributed by atoms with E-state index in [1.54, 1.807) is 38.1 Å². The van der Waals surface area contributed by atoms with E-state index in [4.69, 9.17) is 4.74 Å². The minimum Gasteiger partial charge on any atom is -0.485 e. The molecule has 2 aromatic rings. The number of Topliss-reactive ketones (excluding diaryl/α,β-unsaturated/α-hetero) is 1. The number of carbonyl (C=O) groups is 1. The number of aliphatic hydroxyl groups is 1. The quantitative estimate of drug-likeness (QED) is 0.544. The number of halogens is 4. The molecule has 7 heteroatoms. The van der Waals surface area contributed by atoms with Crippen molar-refractivity contribution in [1.82, 2.24) is 0 Å². The fourth-order valence-corrected chi connectivity index (χ4v) is 3.76. The van der Waals surface area contributed by atoms with Crippen LogP contribution in [0.25, 0.3) is 0 Å². The monoisotopic (exact) mass is 428 g/mol. The van der Waals surface area contributed by atoms with Gasteiger partial charge < -0.3 is 9.84 Å². The standard InChI is InChI=1S/C19H16BrF3O3/c1-17(2)18(20,16(25)12-8-4-6-10-14(12)26-17)15(24)11-7-3-5-9-13(11)19(21,22)23/h3-10,16,25H,1-2H3.